The fourth-order valence-electron chi connectivity index (χ4n) is 4.67. The molecule has 38 heavy (non-hydrogen) atoms. The molecule has 2 aromatic heterocycles. The zero-order valence-corrected chi connectivity index (χ0v) is 22.9. The molecule has 12 heteroatoms. The minimum atomic E-state index is -3.66. The smallest absolute Gasteiger partial charge is 0.232 e. The van der Waals surface area contributed by atoms with Crippen LogP contribution in [0.4, 0.5) is 16.0 Å². The number of thiazole rings is 1. The normalized spacial score (nSPS) is 18.5. The summed E-state index contributed by atoms with van der Waals surface area (Å²) in [6.07, 6.45) is 5.95. The summed E-state index contributed by atoms with van der Waals surface area (Å²) in [5.41, 5.74) is 1.19. The number of halogens is 1. The molecular weight excluding hydrogens is 529 g/mol. The van der Waals surface area contributed by atoms with E-state index in [-0.39, 0.29) is 29.0 Å². The number of hydrogen-bond acceptors (Lipinski definition) is 9. The number of sulfonamides is 1. The van der Waals surface area contributed by atoms with Gasteiger partial charge >= 0.3 is 0 Å². The molecule has 2 fully saturated rings. The molecular formula is C26H32FN5O4S2. The Morgan fingerprint density at radius 1 is 1.13 bits per heavy atom. The number of nitrogens with zero attached hydrogens (tertiary/aromatic N) is 3. The van der Waals surface area contributed by atoms with Crippen molar-refractivity contribution in [2.24, 2.45) is 0 Å². The van der Waals surface area contributed by atoms with Gasteiger partial charge in [0.25, 0.3) is 0 Å². The van der Waals surface area contributed by atoms with Crippen molar-refractivity contribution in [2.45, 2.75) is 51.0 Å². The first-order valence-corrected chi connectivity index (χ1v) is 15.5. The summed E-state index contributed by atoms with van der Waals surface area (Å²) in [7, 11) is -3.66. The molecule has 5 rings (SSSR count). The Hall–Kier alpha value is -2.67. The summed E-state index contributed by atoms with van der Waals surface area (Å²) >= 11 is 1.49. The van der Waals surface area contributed by atoms with Gasteiger partial charge in [0.05, 0.1) is 38.8 Å². The summed E-state index contributed by atoms with van der Waals surface area (Å²) in [5, 5.41) is 4.14. The highest BCUT2D eigenvalue weighted by Gasteiger charge is 2.26. The first-order valence-electron chi connectivity index (χ1n) is 13.0. The number of aromatic nitrogens is 3. The maximum Gasteiger partial charge on any atom is 0.232 e. The highest BCUT2D eigenvalue weighted by atomic mass is 32.2. The predicted octanol–water partition coefficient (Wildman–Crippen LogP) is 5.04. The largest absolute Gasteiger partial charge is 0.381 e. The summed E-state index contributed by atoms with van der Waals surface area (Å²) in [6.45, 7) is 4.45. The van der Waals surface area contributed by atoms with E-state index in [4.69, 9.17) is 19.4 Å². The molecule has 204 valence electrons. The zero-order valence-electron chi connectivity index (χ0n) is 21.3. The van der Waals surface area contributed by atoms with Gasteiger partial charge in [-0.1, -0.05) is 13.0 Å². The lowest BCUT2D eigenvalue weighted by molar-refractivity contribution is 0.0853. The van der Waals surface area contributed by atoms with Crippen LogP contribution in [0.15, 0.2) is 30.5 Å². The summed E-state index contributed by atoms with van der Waals surface area (Å²) in [4.78, 5) is 14.7. The van der Waals surface area contributed by atoms with Gasteiger partial charge in [0, 0.05) is 44.0 Å². The molecule has 1 atom stereocenters. The van der Waals surface area contributed by atoms with E-state index in [9.17, 15) is 8.42 Å². The monoisotopic (exact) mass is 561 g/mol. The number of benzene rings is 1. The van der Waals surface area contributed by atoms with Gasteiger partial charge in [0.2, 0.25) is 16.0 Å². The van der Waals surface area contributed by atoms with Crippen molar-refractivity contribution in [3.8, 4) is 21.8 Å². The van der Waals surface area contributed by atoms with Crippen LogP contribution in [0.5, 0.6) is 0 Å². The van der Waals surface area contributed by atoms with Crippen molar-refractivity contribution >= 4 is 33.0 Å². The van der Waals surface area contributed by atoms with E-state index < -0.39 is 15.8 Å². The number of ether oxygens (including phenoxy) is 2. The lowest BCUT2D eigenvalue weighted by Gasteiger charge is -2.19. The Morgan fingerprint density at radius 3 is 2.74 bits per heavy atom. The molecule has 3 aromatic rings. The lowest BCUT2D eigenvalue weighted by atomic mass is 10.0. The van der Waals surface area contributed by atoms with Crippen molar-refractivity contribution in [1.82, 2.24) is 15.0 Å². The van der Waals surface area contributed by atoms with Crippen molar-refractivity contribution < 1.29 is 22.3 Å². The Morgan fingerprint density at radius 2 is 1.97 bits per heavy atom. The van der Waals surface area contributed by atoms with Gasteiger partial charge in [-0.25, -0.2) is 27.8 Å². The molecule has 0 bridgehead atoms. The van der Waals surface area contributed by atoms with Crippen LogP contribution in [-0.4, -0.2) is 61.6 Å². The van der Waals surface area contributed by atoms with E-state index in [2.05, 4.69) is 15.0 Å². The minimum absolute atomic E-state index is 0.0882. The third-order valence-electron chi connectivity index (χ3n) is 6.61. The van der Waals surface area contributed by atoms with Crippen LogP contribution in [0.1, 0.15) is 50.0 Å². The maximum absolute atomic E-state index is 15.8. The van der Waals surface area contributed by atoms with E-state index in [1.165, 1.54) is 17.4 Å². The molecule has 9 nitrogen and oxygen atoms in total. The molecule has 0 saturated carbocycles. The topological polar surface area (TPSA) is 115 Å². The van der Waals surface area contributed by atoms with Crippen molar-refractivity contribution in [2.75, 3.05) is 42.2 Å². The summed E-state index contributed by atoms with van der Waals surface area (Å²) in [5.74, 6) is -0.0844. The van der Waals surface area contributed by atoms with Gasteiger partial charge in [0.15, 0.2) is 5.82 Å². The molecule has 0 aliphatic carbocycles. The van der Waals surface area contributed by atoms with E-state index in [0.717, 1.165) is 37.3 Å². The van der Waals surface area contributed by atoms with Crippen LogP contribution in [-0.2, 0) is 19.5 Å². The molecule has 2 aliphatic heterocycles. The number of nitrogens with one attached hydrogen (secondary N) is 2. The molecule has 2 saturated heterocycles. The van der Waals surface area contributed by atoms with E-state index >= 15 is 4.39 Å². The quantitative estimate of drug-likeness (QED) is 0.354. The van der Waals surface area contributed by atoms with Gasteiger partial charge in [-0.3, -0.25) is 4.72 Å². The van der Waals surface area contributed by atoms with Gasteiger partial charge < -0.3 is 14.8 Å². The molecule has 2 N–H and O–H groups in total. The van der Waals surface area contributed by atoms with Crippen LogP contribution < -0.4 is 10.0 Å². The third kappa shape index (κ3) is 6.31. The Bertz CT molecular complexity index is 1360. The second kappa shape index (κ2) is 12.0. The molecule has 4 heterocycles. The van der Waals surface area contributed by atoms with Crippen molar-refractivity contribution in [3.05, 3.63) is 41.3 Å². The Kier molecular flexibility index (Phi) is 8.51. The van der Waals surface area contributed by atoms with Crippen LogP contribution in [0, 0.1) is 5.82 Å². The van der Waals surface area contributed by atoms with E-state index in [1.54, 1.807) is 31.3 Å². The number of rotatable bonds is 10. The lowest BCUT2D eigenvalue weighted by Crippen LogP contribution is -2.19. The Balaban J connectivity index is 1.52. The van der Waals surface area contributed by atoms with Gasteiger partial charge in [0.1, 0.15) is 0 Å². The Labute approximate surface area is 226 Å². The fraction of sp³-hybridized carbons (Fsp3) is 0.500. The molecule has 1 aromatic carbocycles. The second-order valence-corrected chi connectivity index (χ2v) is 12.4. The van der Waals surface area contributed by atoms with E-state index in [1.807, 2.05) is 0 Å². The SMILES string of the molecule is CCCS(=O)(=O)Nc1cccc(-c2nc(C3CCOCC3)sc2-c2ccnc(NC[C@H]3CCCO3)n2)c1F. The van der Waals surface area contributed by atoms with E-state index in [0.29, 0.717) is 48.4 Å². The van der Waals surface area contributed by atoms with Crippen LogP contribution in [0.3, 0.4) is 0 Å². The maximum atomic E-state index is 15.8. The molecule has 2 aliphatic rings. The highest BCUT2D eigenvalue weighted by Crippen LogP contribution is 2.42. The third-order valence-corrected chi connectivity index (χ3v) is 9.32. The van der Waals surface area contributed by atoms with Crippen LogP contribution in [0.2, 0.25) is 0 Å². The molecule has 0 spiro atoms. The first-order chi connectivity index (χ1) is 18.4. The number of anilines is 2. The zero-order chi connectivity index (χ0) is 26.5. The van der Waals surface area contributed by atoms with Crippen molar-refractivity contribution in [3.63, 3.8) is 0 Å². The molecule has 0 unspecified atom stereocenters. The average molecular weight is 562 g/mol. The fourth-order valence-corrected chi connectivity index (χ4v) is 7.02. The van der Waals surface area contributed by atoms with Gasteiger partial charge in [-0.05, 0) is 50.3 Å². The van der Waals surface area contributed by atoms with Gasteiger partial charge in [-0.15, -0.1) is 11.3 Å². The minimum Gasteiger partial charge on any atom is -0.381 e. The highest BCUT2D eigenvalue weighted by molar-refractivity contribution is 7.92. The van der Waals surface area contributed by atoms with Crippen LogP contribution in [0.25, 0.3) is 21.8 Å². The summed E-state index contributed by atoms with van der Waals surface area (Å²) < 4.78 is 54.1. The first kappa shape index (κ1) is 26.9. The van der Waals surface area contributed by atoms with Crippen molar-refractivity contribution in [1.29, 1.82) is 0 Å². The predicted molar refractivity (Wildman–Crippen MR) is 146 cm³/mol. The molecule has 0 radical (unpaired) electrons. The average Bonchev–Trinajstić information content (AvgIpc) is 3.60. The standard InChI is InChI=1S/C26H32FN5O4S2/c1-2-15-38(33,34)32-20-7-3-6-19(22(20)27)23-24(37-25(31-23)17-9-13-35-14-10-17)21-8-11-28-26(30-21)29-16-18-5-4-12-36-18/h3,6-8,11,17-18,32H,2,4-5,9-10,12-16H2,1H3,(H,28,29,30)/t18-/m1/s1. The van der Waals surface area contributed by atoms with Crippen LogP contribution >= 0.6 is 11.3 Å². The number of hydrogen-bond donors (Lipinski definition) is 2. The molecule has 0 amide bonds. The second-order valence-electron chi connectivity index (χ2n) is 9.49. The van der Waals surface area contributed by atoms with Gasteiger partial charge in [-0.2, -0.15) is 0 Å². The summed E-state index contributed by atoms with van der Waals surface area (Å²) in [6, 6.07) is 6.47.